The van der Waals surface area contributed by atoms with Gasteiger partial charge in [-0.2, -0.15) is 0 Å². The Morgan fingerprint density at radius 3 is 2.80 bits per heavy atom. The molecule has 0 aromatic carbocycles. The van der Waals surface area contributed by atoms with Crippen LogP contribution in [0.2, 0.25) is 0 Å². The third-order valence-electron chi connectivity index (χ3n) is 2.66. The monoisotopic (exact) mass is 220 g/mol. The number of carbonyl (C=O) groups is 1. The Hall–Kier alpha value is -0.870. The van der Waals surface area contributed by atoms with Crippen LogP contribution in [0.3, 0.4) is 0 Å². The molecule has 0 aromatic rings. The van der Waals surface area contributed by atoms with E-state index >= 15 is 0 Å². The van der Waals surface area contributed by atoms with E-state index in [2.05, 4.69) is 5.32 Å². The minimum Gasteiger partial charge on any atom is -0.336 e. The van der Waals surface area contributed by atoms with Gasteiger partial charge in [0.25, 0.3) is 5.92 Å². The molecule has 0 saturated carbocycles. The summed E-state index contributed by atoms with van der Waals surface area (Å²) >= 11 is 0. The Labute approximate surface area is 88.8 Å². The number of halogens is 2. The molecule has 0 aromatic heterocycles. The second kappa shape index (κ2) is 4.77. The van der Waals surface area contributed by atoms with Crippen LogP contribution in [-0.2, 0) is 0 Å². The number of hydrogen-bond donors (Lipinski definition) is 1. The van der Waals surface area contributed by atoms with Gasteiger partial charge in [0.1, 0.15) is 0 Å². The van der Waals surface area contributed by atoms with E-state index in [9.17, 15) is 13.6 Å². The highest BCUT2D eigenvalue weighted by Gasteiger charge is 2.37. The molecule has 15 heavy (non-hydrogen) atoms. The molecule has 2 amide bonds. The zero-order valence-electron chi connectivity index (χ0n) is 9.22. The first-order chi connectivity index (χ1) is 6.94. The first-order valence-corrected chi connectivity index (χ1v) is 5.38. The number of hydrogen-bond acceptors (Lipinski definition) is 1. The van der Waals surface area contributed by atoms with Crippen LogP contribution in [0.15, 0.2) is 0 Å². The van der Waals surface area contributed by atoms with E-state index in [-0.39, 0.29) is 18.5 Å². The summed E-state index contributed by atoms with van der Waals surface area (Å²) < 4.78 is 26.0. The van der Waals surface area contributed by atoms with Crippen molar-refractivity contribution in [3.05, 3.63) is 0 Å². The molecule has 1 aliphatic rings. The summed E-state index contributed by atoms with van der Waals surface area (Å²) in [5.74, 6) is -2.72. The number of nitrogens with zero attached hydrogens (tertiary/aromatic N) is 1. The van der Waals surface area contributed by atoms with E-state index in [1.54, 1.807) is 0 Å². The SMILES string of the molecule is CCC(C)NC(=O)N1CCCC(F)(F)C1. The van der Waals surface area contributed by atoms with Crippen LogP contribution in [0.1, 0.15) is 33.1 Å². The third-order valence-corrected chi connectivity index (χ3v) is 2.66. The average molecular weight is 220 g/mol. The summed E-state index contributed by atoms with van der Waals surface area (Å²) in [7, 11) is 0. The summed E-state index contributed by atoms with van der Waals surface area (Å²) in [6.45, 7) is 3.78. The summed E-state index contributed by atoms with van der Waals surface area (Å²) in [4.78, 5) is 12.7. The summed E-state index contributed by atoms with van der Waals surface area (Å²) in [6, 6.07) is -0.336. The number of alkyl halides is 2. The van der Waals surface area contributed by atoms with Crippen molar-refractivity contribution in [3.8, 4) is 0 Å². The van der Waals surface area contributed by atoms with Crippen LogP contribution in [0.25, 0.3) is 0 Å². The van der Waals surface area contributed by atoms with Gasteiger partial charge >= 0.3 is 6.03 Å². The van der Waals surface area contributed by atoms with Gasteiger partial charge in [-0.15, -0.1) is 0 Å². The highest BCUT2D eigenvalue weighted by molar-refractivity contribution is 5.74. The fourth-order valence-corrected chi connectivity index (χ4v) is 1.54. The smallest absolute Gasteiger partial charge is 0.317 e. The Kier molecular flexibility index (Phi) is 3.88. The van der Waals surface area contributed by atoms with Gasteiger partial charge in [0.05, 0.1) is 6.54 Å². The molecule has 1 fully saturated rings. The number of piperidine rings is 1. The number of likely N-dealkylation sites (tertiary alicyclic amines) is 1. The predicted octanol–water partition coefficient (Wildman–Crippen LogP) is 2.23. The Morgan fingerprint density at radius 1 is 1.60 bits per heavy atom. The molecule has 1 saturated heterocycles. The van der Waals surface area contributed by atoms with E-state index in [0.29, 0.717) is 13.0 Å². The molecule has 5 heteroatoms. The highest BCUT2D eigenvalue weighted by atomic mass is 19.3. The van der Waals surface area contributed by atoms with Crippen LogP contribution < -0.4 is 5.32 Å². The maximum atomic E-state index is 13.0. The minimum absolute atomic E-state index is 0.0352. The molecule has 0 bridgehead atoms. The van der Waals surface area contributed by atoms with E-state index in [4.69, 9.17) is 0 Å². The third kappa shape index (κ3) is 3.64. The molecular formula is C10H18F2N2O. The van der Waals surface area contributed by atoms with Crippen LogP contribution in [-0.4, -0.2) is 36.0 Å². The standard InChI is InChI=1S/C10H18F2N2O/c1-3-8(2)13-9(15)14-6-4-5-10(11,12)7-14/h8H,3-7H2,1-2H3,(H,13,15). The van der Waals surface area contributed by atoms with Gasteiger partial charge in [-0.3, -0.25) is 0 Å². The molecule has 1 aliphatic heterocycles. The van der Waals surface area contributed by atoms with Crippen molar-refractivity contribution < 1.29 is 13.6 Å². The topological polar surface area (TPSA) is 32.3 Å². The zero-order chi connectivity index (χ0) is 11.5. The van der Waals surface area contributed by atoms with Gasteiger partial charge < -0.3 is 10.2 Å². The Balaban J connectivity index is 2.46. The van der Waals surface area contributed by atoms with Crippen LogP contribution in [0.4, 0.5) is 13.6 Å². The maximum Gasteiger partial charge on any atom is 0.317 e. The minimum atomic E-state index is -2.72. The first-order valence-electron chi connectivity index (χ1n) is 5.38. The Bertz CT molecular complexity index is 233. The van der Waals surface area contributed by atoms with Crippen molar-refractivity contribution in [3.63, 3.8) is 0 Å². The van der Waals surface area contributed by atoms with Gasteiger partial charge in [-0.25, -0.2) is 13.6 Å². The first kappa shape index (κ1) is 12.2. The maximum absolute atomic E-state index is 13.0. The fourth-order valence-electron chi connectivity index (χ4n) is 1.54. The van der Waals surface area contributed by atoms with Crippen molar-refractivity contribution in [2.75, 3.05) is 13.1 Å². The largest absolute Gasteiger partial charge is 0.336 e. The summed E-state index contributed by atoms with van der Waals surface area (Å²) in [5.41, 5.74) is 0. The van der Waals surface area contributed by atoms with E-state index < -0.39 is 12.5 Å². The van der Waals surface area contributed by atoms with E-state index in [1.165, 1.54) is 4.90 Å². The van der Waals surface area contributed by atoms with Crippen LogP contribution in [0.5, 0.6) is 0 Å². The molecule has 88 valence electrons. The second-order valence-corrected chi connectivity index (χ2v) is 4.14. The summed E-state index contributed by atoms with van der Waals surface area (Å²) in [5, 5.41) is 2.69. The van der Waals surface area contributed by atoms with Gasteiger partial charge in [0.15, 0.2) is 0 Å². The van der Waals surface area contributed by atoms with Crippen LogP contribution >= 0.6 is 0 Å². The zero-order valence-corrected chi connectivity index (χ0v) is 9.22. The molecule has 3 nitrogen and oxygen atoms in total. The normalized spacial score (nSPS) is 22.3. The van der Waals surface area contributed by atoms with Crippen molar-refractivity contribution in [2.24, 2.45) is 0 Å². The number of rotatable bonds is 2. The fraction of sp³-hybridized carbons (Fsp3) is 0.900. The molecule has 1 unspecified atom stereocenters. The van der Waals surface area contributed by atoms with Crippen molar-refractivity contribution in [2.45, 2.75) is 45.1 Å². The second-order valence-electron chi connectivity index (χ2n) is 4.14. The lowest BCUT2D eigenvalue weighted by Crippen LogP contribution is -2.51. The number of nitrogens with one attached hydrogen (secondary N) is 1. The lowest BCUT2D eigenvalue weighted by molar-refractivity contribution is -0.0525. The lowest BCUT2D eigenvalue weighted by Gasteiger charge is -2.33. The molecule has 1 atom stereocenters. The molecule has 0 radical (unpaired) electrons. The lowest BCUT2D eigenvalue weighted by atomic mass is 10.1. The van der Waals surface area contributed by atoms with Gasteiger partial charge in [-0.1, -0.05) is 6.92 Å². The Morgan fingerprint density at radius 2 is 2.27 bits per heavy atom. The van der Waals surface area contributed by atoms with Crippen molar-refractivity contribution in [1.29, 1.82) is 0 Å². The molecular weight excluding hydrogens is 202 g/mol. The molecule has 1 rings (SSSR count). The molecule has 1 N–H and O–H groups in total. The molecule has 1 heterocycles. The van der Waals surface area contributed by atoms with Gasteiger partial charge in [0, 0.05) is 19.0 Å². The average Bonchev–Trinajstić information content (AvgIpc) is 2.16. The predicted molar refractivity (Wildman–Crippen MR) is 54.0 cm³/mol. The molecule has 0 spiro atoms. The number of carbonyl (C=O) groups excluding carboxylic acids is 1. The van der Waals surface area contributed by atoms with E-state index in [0.717, 1.165) is 6.42 Å². The van der Waals surface area contributed by atoms with Gasteiger partial charge in [0.2, 0.25) is 0 Å². The highest BCUT2D eigenvalue weighted by Crippen LogP contribution is 2.26. The van der Waals surface area contributed by atoms with Crippen LogP contribution in [0, 0.1) is 0 Å². The van der Waals surface area contributed by atoms with Crippen molar-refractivity contribution >= 4 is 6.03 Å². The summed E-state index contributed by atoms with van der Waals surface area (Å²) in [6.07, 6.45) is 1.07. The van der Waals surface area contributed by atoms with Gasteiger partial charge in [-0.05, 0) is 19.8 Å². The number of urea groups is 1. The van der Waals surface area contributed by atoms with E-state index in [1.807, 2.05) is 13.8 Å². The molecule has 0 aliphatic carbocycles. The number of amides is 2. The van der Waals surface area contributed by atoms with Crippen molar-refractivity contribution in [1.82, 2.24) is 10.2 Å². The quantitative estimate of drug-likeness (QED) is 0.760.